The van der Waals surface area contributed by atoms with Crippen molar-refractivity contribution >= 4 is 16.9 Å². The van der Waals surface area contributed by atoms with E-state index in [1.54, 1.807) is 6.92 Å². The van der Waals surface area contributed by atoms with Gasteiger partial charge in [-0.1, -0.05) is 6.07 Å². The lowest BCUT2D eigenvalue weighted by atomic mass is 10.0. The Bertz CT molecular complexity index is 906. The molecule has 0 amide bonds. The molecule has 4 rings (SSSR count). The predicted octanol–water partition coefficient (Wildman–Crippen LogP) is 3.63. The third-order valence-electron chi connectivity index (χ3n) is 4.87. The van der Waals surface area contributed by atoms with Crippen molar-refractivity contribution in [1.82, 2.24) is 14.8 Å². The zero-order valence-corrected chi connectivity index (χ0v) is 14.9. The van der Waals surface area contributed by atoms with Crippen LogP contribution in [-0.4, -0.2) is 40.6 Å². The summed E-state index contributed by atoms with van der Waals surface area (Å²) < 4.78 is 12.5. The number of benzene rings is 1. The Morgan fingerprint density at radius 2 is 2.15 bits per heavy atom. The van der Waals surface area contributed by atoms with Crippen molar-refractivity contribution in [3.05, 3.63) is 42.4 Å². The number of carbonyl (C=O) groups excluding carboxylic acids is 1. The highest BCUT2D eigenvalue weighted by Gasteiger charge is 2.15. The quantitative estimate of drug-likeness (QED) is 0.711. The number of aromatic amines is 1. The normalized spacial score (nSPS) is 15.4. The van der Waals surface area contributed by atoms with E-state index in [1.165, 1.54) is 0 Å². The number of nitrogens with one attached hydrogen (secondary N) is 1. The standard InChI is InChI=1S/C20H23N3O3/c1-2-26-20(24)19-10-16-9-15(3-4-18(16)22-19)17-11-21-23(13-17)12-14-5-7-25-8-6-14/h3-4,9-11,13-14,22H,2,5-8,12H2,1H3. The molecule has 0 spiro atoms. The molecule has 0 atom stereocenters. The summed E-state index contributed by atoms with van der Waals surface area (Å²) in [5.74, 6) is 0.310. The second kappa shape index (κ2) is 7.33. The lowest BCUT2D eigenvalue weighted by Gasteiger charge is -2.21. The van der Waals surface area contributed by atoms with E-state index >= 15 is 0 Å². The van der Waals surface area contributed by atoms with Crippen LogP contribution in [0.4, 0.5) is 0 Å². The molecule has 0 unspecified atom stereocenters. The van der Waals surface area contributed by atoms with E-state index in [-0.39, 0.29) is 5.97 Å². The topological polar surface area (TPSA) is 69.1 Å². The molecule has 0 bridgehead atoms. The van der Waals surface area contributed by atoms with Gasteiger partial charge in [-0.05, 0) is 49.4 Å². The number of hydrogen-bond donors (Lipinski definition) is 1. The van der Waals surface area contributed by atoms with E-state index in [0.717, 1.165) is 54.6 Å². The Morgan fingerprint density at radius 3 is 2.96 bits per heavy atom. The summed E-state index contributed by atoms with van der Waals surface area (Å²) in [7, 11) is 0. The van der Waals surface area contributed by atoms with Crippen LogP contribution in [0.15, 0.2) is 36.7 Å². The number of ether oxygens (including phenoxy) is 2. The second-order valence-electron chi connectivity index (χ2n) is 6.71. The molecule has 2 aromatic heterocycles. The molecule has 1 aliphatic heterocycles. The highest BCUT2D eigenvalue weighted by molar-refractivity contribution is 5.96. The first-order chi connectivity index (χ1) is 12.7. The van der Waals surface area contributed by atoms with Gasteiger partial charge >= 0.3 is 5.97 Å². The average molecular weight is 353 g/mol. The Kier molecular flexibility index (Phi) is 4.75. The van der Waals surface area contributed by atoms with Crippen molar-refractivity contribution < 1.29 is 14.3 Å². The van der Waals surface area contributed by atoms with E-state index in [9.17, 15) is 4.79 Å². The van der Waals surface area contributed by atoms with Crippen molar-refractivity contribution in [2.24, 2.45) is 5.92 Å². The van der Waals surface area contributed by atoms with Crippen LogP contribution in [-0.2, 0) is 16.0 Å². The summed E-state index contributed by atoms with van der Waals surface area (Å²) in [5, 5.41) is 5.51. The van der Waals surface area contributed by atoms with Crippen LogP contribution < -0.4 is 0 Å². The number of nitrogens with zero attached hydrogens (tertiary/aromatic N) is 2. The van der Waals surface area contributed by atoms with Gasteiger partial charge in [0, 0.05) is 42.4 Å². The first kappa shape index (κ1) is 16.8. The van der Waals surface area contributed by atoms with Gasteiger partial charge in [0.15, 0.2) is 0 Å². The summed E-state index contributed by atoms with van der Waals surface area (Å²) in [4.78, 5) is 15.0. The van der Waals surface area contributed by atoms with E-state index < -0.39 is 0 Å². The molecule has 136 valence electrons. The molecular formula is C20H23N3O3. The SMILES string of the molecule is CCOC(=O)c1cc2cc(-c3cnn(CC4CCOCC4)c3)ccc2[nH]1. The number of H-pyrrole nitrogens is 1. The van der Waals surface area contributed by atoms with E-state index in [2.05, 4.69) is 22.3 Å². The first-order valence-electron chi connectivity index (χ1n) is 9.13. The Hall–Kier alpha value is -2.60. The first-order valence-corrected chi connectivity index (χ1v) is 9.13. The molecular weight excluding hydrogens is 330 g/mol. The van der Waals surface area contributed by atoms with Crippen LogP contribution in [0.2, 0.25) is 0 Å². The molecule has 6 nitrogen and oxygen atoms in total. The number of esters is 1. The van der Waals surface area contributed by atoms with Gasteiger partial charge in [0.2, 0.25) is 0 Å². The van der Waals surface area contributed by atoms with Crippen LogP contribution in [0.1, 0.15) is 30.3 Å². The monoisotopic (exact) mass is 353 g/mol. The molecule has 1 N–H and O–H groups in total. The molecule has 1 fully saturated rings. The highest BCUT2D eigenvalue weighted by atomic mass is 16.5. The van der Waals surface area contributed by atoms with Crippen molar-refractivity contribution in [2.45, 2.75) is 26.3 Å². The Labute approximate surface area is 152 Å². The van der Waals surface area contributed by atoms with Crippen molar-refractivity contribution in [1.29, 1.82) is 0 Å². The molecule has 6 heteroatoms. The highest BCUT2D eigenvalue weighted by Crippen LogP contribution is 2.26. The fraction of sp³-hybridized carbons (Fsp3) is 0.400. The smallest absolute Gasteiger partial charge is 0.354 e. The molecule has 1 aliphatic rings. The molecule has 3 aromatic rings. The van der Waals surface area contributed by atoms with Crippen LogP contribution in [0.3, 0.4) is 0 Å². The molecule has 0 saturated carbocycles. The van der Waals surface area contributed by atoms with Gasteiger partial charge in [-0.2, -0.15) is 5.10 Å². The summed E-state index contributed by atoms with van der Waals surface area (Å²) in [6, 6.07) is 7.94. The summed E-state index contributed by atoms with van der Waals surface area (Å²) in [5.41, 5.74) is 3.57. The molecule has 1 saturated heterocycles. The van der Waals surface area contributed by atoms with Gasteiger partial charge in [-0.25, -0.2) is 4.79 Å². The molecule has 3 heterocycles. The summed E-state index contributed by atoms with van der Waals surface area (Å²) >= 11 is 0. The van der Waals surface area contributed by atoms with Crippen molar-refractivity contribution in [3.63, 3.8) is 0 Å². The molecule has 1 aromatic carbocycles. The maximum absolute atomic E-state index is 11.9. The summed E-state index contributed by atoms with van der Waals surface area (Å²) in [6.07, 6.45) is 6.19. The minimum Gasteiger partial charge on any atom is -0.461 e. The largest absolute Gasteiger partial charge is 0.461 e. The van der Waals surface area contributed by atoms with Gasteiger partial charge in [0.1, 0.15) is 5.69 Å². The van der Waals surface area contributed by atoms with Gasteiger partial charge in [-0.15, -0.1) is 0 Å². The van der Waals surface area contributed by atoms with Crippen LogP contribution >= 0.6 is 0 Å². The van der Waals surface area contributed by atoms with Crippen LogP contribution in [0.25, 0.3) is 22.0 Å². The fourth-order valence-electron chi connectivity index (χ4n) is 3.44. The molecule has 26 heavy (non-hydrogen) atoms. The molecule has 0 aliphatic carbocycles. The van der Waals surface area contributed by atoms with Gasteiger partial charge in [-0.3, -0.25) is 4.68 Å². The number of fused-ring (bicyclic) bond motifs is 1. The second-order valence-corrected chi connectivity index (χ2v) is 6.71. The third-order valence-corrected chi connectivity index (χ3v) is 4.87. The lowest BCUT2D eigenvalue weighted by Crippen LogP contribution is -2.20. The van der Waals surface area contributed by atoms with Crippen LogP contribution in [0, 0.1) is 5.92 Å². The number of aromatic nitrogens is 3. The van der Waals surface area contributed by atoms with Crippen molar-refractivity contribution in [3.8, 4) is 11.1 Å². The maximum atomic E-state index is 11.9. The number of hydrogen-bond acceptors (Lipinski definition) is 4. The van der Waals surface area contributed by atoms with E-state index in [4.69, 9.17) is 9.47 Å². The number of rotatable bonds is 5. The lowest BCUT2D eigenvalue weighted by molar-refractivity contribution is 0.0520. The predicted molar refractivity (Wildman–Crippen MR) is 99.0 cm³/mol. The van der Waals surface area contributed by atoms with Gasteiger partial charge in [0.25, 0.3) is 0 Å². The van der Waals surface area contributed by atoms with E-state index in [1.807, 2.05) is 29.1 Å². The van der Waals surface area contributed by atoms with Gasteiger partial charge < -0.3 is 14.5 Å². The minimum absolute atomic E-state index is 0.325. The third kappa shape index (κ3) is 3.51. The van der Waals surface area contributed by atoms with Gasteiger partial charge in [0.05, 0.1) is 12.8 Å². The molecule has 0 radical (unpaired) electrons. The van der Waals surface area contributed by atoms with Crippen LogP contribution in [0.5, 0.6) is 0 Å². The maximum Gasteiger partial charge on any atom is 0.354 e. The Morgan fingerprint density at radius 1 is 1.31 bits per heavy atom. The van der Waals surface area contributed by atoms with E-state index in [0.29, 0.717) is 18.2 Å². The average Bonchev–Trinajstić information content (AvgIpc) is 3.29. The summed E-state index contributed by atoms with van der Waals surface area (Å²) in [6.45, 7) is 4.81. The van der Waals surface area contributed by atoms with Crippen molar-refractivity contribution in [2.75, 3.05) is 19.8 Å². The zero-order chi connectivity index (χ0) is 17.9. The fourth-order valence-corrected chi connectivity index (χ4v) is 3.44. The minimum atomic E-state index is -0.325. The Balaban J connectivity index is 1.53. The zero-order valence-electron chi connectivity index (χ0n) is 14.9. The number of carbonyl (C=O) groups is 1.